The number of nitrogens with zero attached hydrogens (tertiary/aromatic N) is 1. The summed E-state index contributed by atoms with van der Waals surface area (Å²) in [5.41, 5.74) is 4.80. The molecule has 190 valence electrons. The molecule has 0 aliphatic heterocycles. The van der Waals surface area contributed by atoms with Gasteiger partial charge in [0.15, 0.2) is 23.0 Å². The molecule has 1 amide bonds. The number of hydrogen-bond donors (Lipinski definition) is 1. The molecule has 7 nitrogen and oxygen atoms in total. The minimum absolute atomic E-state index is 0.363. The fourth-order valence-electron chi connectivity index (χ4n) is 3.88. The molecule has 0 radical (unpaired) electrons. The molecule has 0 heterocycles. The highest BCUT2D eigenvalue weighted by Crippen LogP contribution is 2.30. The Hall–Kier alpha value is -4.52. The third-order valence-electron chi connectivity index (χ3n) is 5.64. The summed E-state index contributed by atoms with van der Waals surface area (Å²) in [6.07, 6.45) is 1.56. The molecular weight excluding hydrogens is 468 g/mol. The molecule has 4 aromatic rings. The third kappa shape index (κ3) is 6.38. The number of hydrazone groups is 1. The first-order valence-electron chi connectivity index (χ1n) is 12.1. The maximum absolute atomic E-state index is 12.5. The fraction of sp³-hybridized carbons (Fsp3) is 0.200. The molecule has 0 aliphatic rings. The van der Waals surface area contributed by atoms with E-state index in [4.69, 9.17) is 18.9 Å². The summed E-state index contributed by atoms with van der Waals surface area (Å²) < 4.78 is 22.7. The first kappa shape index (κ1) is 25.6. The largest absolute Gasteiger partial charge is 0.493 e. The van der Waals surface area contributed by atoms with Crippen molar-refractivity contribution in [3.63, 3.8) is 0 Å². The van der Waals surface area contributed by atoms with Gasteiger partial charge in [-0.2, -0.15) is 5.10 Å². The van der Waals surface area contributed by atoms with Gasteiger partial charge in [-0.15, -0.1) is 0 Å². The Bertz CT molecular complexity index is 1390. The molecule has 0 bridgehead atoms. The lowest BCUT2D eigenvalue weighted by molar-refractivity contribution is 0.0954. The molecule has 0 unspecified atom stereocenters. The molecular formula is C30H30N2O5. The second-order valence-corrected chi connectivity index (χ2v) is 8.06. The Labute approximate surface area is 216 Å². The third-order valence-corrected chi connectivity index (χ3v) is 5.64. The number of hydrogen-bond acceptors (Lipinski definition) is 6. The van der Waals surface area contributed by atoms with Crippen LogP contribution >= 0.6 is 0 Å². The van der Waals surface area contributed by atoms with E-state index in [2.05, 4.69) is 34.8 Å². The Morgan fingerprint density at radius 1 is 0.811 bits per heavy atom. The summed E-state index contributed by atoms with van der Waals surface area (Å²) in [5.74, 6) is 1.94. The number of methoxy groups -OCH3 is 1. The van der Waals surface area contributed by atoms with Gasteiger partial charge in [0.1, 0.15) is 6.61 Å². The van der Waals surface area contributed by atoms with E-state index in [0.29, 0.717) is 48.4 Å². The molecule has 0 aliphatic carbocycles. The number of amides is 1. The van der Waals surface area contributed by atoms with Crippen molar-refractivity contribution in [1.29, 1.82) is 0 Å². The summed E-state index contributed by atoms with van der Waals surface area (Å²) in [6, 6.07) is 24.9. The Morgan fingerprint density at radius 3 is 2.35 bits per heavy atom. The maximum atomic E-state index is 12.5. The van der Waals surface area contributed by atoms with Gasteiger partial charge in [0.25, 0.3) is 5.91 Å². The Balaban J connectivity index is 1.43. The molecule has 7 heteroatoms. The number of carbonyl (C=O) groups is 1. The van der Waals surface area contributed by atoms with E-state index in [1.165, 1.54) is 12.5 Å². The van der Waals surface area contributed by atoms with Crippen LogP contribution in [0.25, 0.3) is 10.8 Å². The zero-order chi connectivity index (χ0) is 26.0. The molecule has 0 spiro atoms. The second kappa shape index (κ2) is 12.4. The summed E-state index contributed by atoms with van der Waals surface area (Å²) >= 11 is 0. The van der Waals surface area contributed by atoms with Gasteiger partial charge in [-0.25, -0.2) is 5.43 Å². The highest BCUT2D eigenvalue weighted by molar-refractivity contribution is 5.95. The zero-order valence-corrected chi connectivity index (χ0v) is 21.2. The molecule has 4 aromatic carbocycles. The van der Waals surface area contributed by atoms with Crippen molar-refractivity contribution in [3.05, 3.63) is 95.6 Å². The highest BCUT2D eigenvalue weighted by Gasteiger charge is 2.11. The smallest absolute Gasteiger partial charge is 0.271 e. The highest BCUT2D eigenvalue weighted by atomic mass is 16.5. The molecule has 0 fully saturated rings. The number of benzene rings is 4. The summed E-state index contributed by atoms with van der Waals surface area (Å²) in [5, 5.41) is 6.43. The van der Waals surface area contributed by atoms with Gasteiger partial charge in [-0.1, -0.05) is 42.5 Å². The van der Waals surface area contributed by atoms with E-state index < -0.39 is 0 Å². The summed E-state index contributed by atoms with van der Waals surface area (Å²) in [4.78, 5) is 12.5. The van der Waals surface area contributed by atoms with Crippen LogP contribution in [-0.2, 0) is 6.61 Å². The summed E-state index contributed by atoms with van der Waals surface area (Å²) in [6.45, 7) is 5.21. The standard InChI is InChI=1S/C30H30N2O5/c1-4-35-26-16-14-23(18-28(26)34-3)30(33)32-31-19-21-13-15-27(29(17-21)36-5-2)37-20-24-11-8-10-22-9-6-7-12-25(22)24/h6-19H,4-5,20H2,1-3H3,(H,32,33)/b31-19+. The van der Waals surface area contributed by atoms with Gasteiger partial charge < -0.3 is 18.9 Å². The van der Waals surface area contributed by atoms with Crippen molar-refractivity contribution in [3.8, 4) is 23.0 Å². The minimum atomic E-state index is -0.363. The average Bonchev–Trinajstić information content (AvgIpc) is 2.93. The monoisotopic (exact) mass is 498 g/mol. The van der Waals surface area contributed by atoms with Gasteiger partial charge in [-0.3, -0.25) is 4.79 Å². The van der Waals surface area contributed by atoms with E-state index in [1.807, 2.05) is 50.2 Å². The minimum Gasteiger partial charge on any atom is -0.493 e. The van der Waals surface area contributed by atoms with Crippen LogP contribution < -0.4 is 24.4 Å². The van der Waals surface area contributed by atoms with E-state index in [9.17, 15) is 4.79 Å². The molecule has 0 atom stereocenters. The van der Waals surface area contributed by atoms with Gasteiger partial charge >= 0.3 is 0 Å². The molecule has 4 rings (SSSR count). The van der Waals surface area contributed by atoms with Crippen LogP contribution in [-0.4, -0.2) is 32.4 Å². The van der Waals surface area contributed by atoms with E-state index in [-0.39, 0.29) is 5.91 Å². The number of ether oxygens (including phenoxy) is 4. The molecule has 0 saturated heterocycles. The first-order valence-corrected chi connectivity index (χ1v) is 12.1. The van der Waals surface area contributed by atoms with Gasteiger partial charge in [0.2, 0.25) is 0 Å². The van der Waals surface area contributed by atoms with Crippen LogP contribution in [0.5, 0.6) is 23.0 Å². The number of rotatable bonds is 11. The normalized spacial score (nSPS) is 10.9. The Morgan fingerprint density at radius 2 is 1.54 bits per heavy atom. The lowest BCUT2D eigenvalue weighted by Crippen LogP contribution is -2.17. The maximum Gasteiger partial charge on any atom is 0.271 e. The predicted octanol–water partition coefficient (Wildman–Crippen LogP) is 5.99. The van der Waals surface area contributed by atoms with Crippen molar-refractivity contribution in [2.24, 2.45) is 5.10 Å². The lowest BCUT2D eigenvalue weighted by Gasteiger charge is -2.14. The van der Waals surface area contributed by atoms with Gasteiger partial charge in [0.05, 0.1) is 26.5 Å². The Kier molecular flexibility index (Phi) is 8.60. The SMILES string of the molecule is CCOc1ccc(C(=O)N/N=C/c2ccc(OCc3cccc4ccccc34)c(OCC)c2)cc1OC. The number of carbonyl (C=O) groups excluding carboxylic acids is 1. The van der Waals surface area contributed by atoms with Gasteiger partial charge in [-0.05, 0) is 72.1 Å². The van der Waals surface area contributed by atoms with Crippen LogP contribution in [0.4, 0.5) is 0 Å². The fourth-order valence-corrected chi connectivity index (χ4v) is 3.88. The molecule has 37 heavy (non-hydrogen) atoms. The zero-order valence-electron chi connectivity index (χ0n) is 21.2. The topological polar surface area (TPSA) is 78.4 Å². The predicted molar refractivity (Wildman–Crippen MR) is 145 cm³/mol. The van der Waals surface area contributed by atoms with Crippen molar-refractivity contribution in [2.45, 2.75) is 20.5 Å². The number of fused-ring (bicyclic) bond motifs is 1. The van der Waals surface area contributed by atoms with Crippen molar-refractivity contribution in [2.75, 3.05) is 20.3 Å². The van der Waals surface area contributed by atoms with Crippen LogP contribution in [0.15, 0.2) is 84.0 Å². The van der Waals surface area contributed by atoms with Crippen LogP contribution in [0, 0.1) is 0 Å². The molecule has 0 saturated carbocycles. The van der Waals surface area contributed by atoms with Crippen molar-refractivity contribution >= 4 is 22.9 Å². The van der Waals surface area contributed by atoms with Crippen molar-refractivity contribution < 1.29 is 23.7 Å². The van der Waals surface area contributed by atoms with Crippen LogP contribution in [0.2, 0.25) is 0 Å². The molecule has 0 aromatic heterocycles. The van der Waals surface area contributed by atoms with E-state index in [0.717, 1.165) is 16.5 Å². The van der Waals surface area contributed by atoms with E-state index in [1.54, 1.807) is 24.4 Å². The quantitative estimate of drug-likeness (QED) is 0.203. The van der Waals surface area contributed by atoms with Crippen LogP contribution in [0.1, 0.15) is 35.3 Å². The molecule has 1 N–H and O–H groups in total. The van der Waals surface area contributed by atoms with Crippen LogP contribution in [0.3, 0.4) is 0 Å². The average molecular weight is 499 g/mol. The number of nitrogens with one attached hydrogen (secondary N) is 1. The van der Waals surface area contributed by atoms with Gasteiger partial charge in [0, 0.05) is 5.56 Å². The lowest BCUT2D eigenvalue weighted by atomic mass is 10.1. The summed E-state index contributed by atoms with van der Waals surface area (Å²) in [7, 11) is 1.53. The van der Waals surface area contributed by atoms with E-state index >= 15 is 0 Å². The van der Waals surface area contributed by atoms with Crippen molar-refractivity contribution in [1.82, 2.24) is 5.43 Å². The second-order valence-electron chi connectivity index (χ2n) is 8.06. The first-order chi connectivity index (χ1) is 18.1.